The van der Waals surface area contributed by atoms with Crippen LogP contribution in [-0.4, -0.2) is 269 Å². The first-order valence-corrected chi connectivity index (χ1v) is 37.6. The molecular formula is C71H129N3O26. The predicted molar refractivity (Wildman–Crippen MR) is 364 cm³/mol. The average molecular weight is 1440 g/mol. The van der Waals surface area contributed by atoms with E-state index in [9.17, 15) is 90.7 Å². The summed E-state index contributed by atoms with van der Waals surface area (Å²) in [6, 6.07) is -4.52. The minimum Gasteiger partial charge on any atom is -0.477 e. The molecule has 584 valence electrons. The molecule has 0 aromatic carbocycles. The summed E-state index contributed by atoms with van der Waals surface area (Å²) in [4.78, 5) is 52.0. The van der Waals surface area contributed by atoms with Gasteiger partial charge in [-0.3, -0.25) is 14.4 Å². The maximum Gasteiger partial charge on any atom is 0.364 e. The van der Waals surface area contributed by atoms with Crippen LogP contribution >= 0.6 is 0 Å². The highest BCUT2D eigenvalue weighted by atomic mass is 16.8. The van der Waals surface area contributed by atoms with Crippen LogP contribution < -0.4 is 16.0 Å². The first-order chi connectivity index (χ1) is 48.0. The molecule has 3 amide bonds. The van der Waals surface area contributed by atoms with Gasteiger partial charge < -0.3 is 125 Å². The lowest BCUT2D eigenvalue weighted by Gasteiger charge is -2.52. The molecule has 0 radical (unpaired) electrons. The molecule has 0 bridgehead atoms. The fourth-order valence-corrected chi connectivity index (χ4v) is 13.5. The summed E-state index contributed by atoms with van der Waals surface area (Å²) in [5.74, 6) is -7.36. The van der Waals surface area contributed by atoms with E-state index in [1.807, 2.05) is 6.08 Å². The second-order valence-corrected chi connectivity index (χ2v) is 27.9. The van der Waals surface area contributed by atoms with Gasteiger partial charge >= 0.3 is 5.97 Å². The zero-order valence-electron chi connectivity index (χ0n) is 59.9. The largest absolute Gasteiger partial charge is 0.477 e. The van der Waals surface area contributed by atoms with Gasteiger partial charge in [0.05, 0.1) is 57.3 Å². The Balaban J connectivity index is 1.50. The van der Waals surface area contributed by atoms with Crippen molar-refractivity contribution in [1.29, 1.82) is 0 Å². The Bertz CT molecular complexity index is 2250. The molecule has 4 fully saturated rings. The van der Waals surface area contributed by atoms with E-state index in [2.05, 4.69) is 29.8 Å². The topological polar surface area (TPSA) is 461 Å². The summed E-state index contributed by atoms with van der Waals surface area (Å²) in [6.45, 7) is 1.75. The van der Waals surface area contributed by atoms with Gasteiger partial charge in [0.1, 0.15) is 91.5 Å². The fraction of sp³-hybridized carbons (Fsp3) is 0.915. The Morgan fingerprint density at radius 3 is 1.45 bits per heavy atom. The Morgan fingerprint density at radius 2 is 0.970 bits per heavy atom. The van der Waals surface area contributed by atoms with Crippen LogP contribution in [0.5, 0.6) is 0 Å². The molecule has 4 aliphatic rings. The quantitative estimate of drug-likeness (QED) is 0.0307. The average Bonchev–Trinajstić information content (AvgIpc) is 0.750. The van der Waals surface area contributed by atoms with Gasteiger partial charge in [0.25, 0.3) is 5.79 Å². The van der Waals surface area contributed by atoms with Gasteiger partial charge in [0, 0.05) is 26.7 Å². The van der Waals surface area contributed by atoms with Crippen molar-refractivity contribution in [3.63, 3.8) is 0 Å². The second-order valence-electron chi connectivity index (χ2n) is 27.9. The molecule has 4 saturated heterocycles. The molecule has 0 aliphatic carbocycles. The van der Waals surface area contributed by atoms with E-state index in [0.717, 1.165) is 65.2 Å². The molecule has 23 atom stereocenters. The van der Waals surface area contributed by atoms with Gasteiger partial charge in [-0.2, -0.15) is 0 Å². The highest BCUT2D eigenvalue weighted by Gasteiger charge is 2.62. The molecule has 17 N–H and O–H groups in total. The zero-order chi connectivity index (χ0) is 73.6. The molecule has 0 aromatic heterocycles. The van der Waals surface area contributed by atoms with Crippen LogP contribution in [0.4, 0.5) is 0 Å². The number of hydrogen-bond donors (Lipinski definition) is 17. The number of aliphatic carboxylic acids is 1. The number of allylic oxidation sites excluding steroid dienone is 1. The Kier molecular flexibility index (Phi) is 44.2. The number of carboxylic acids is 1. The number of carboxylic acid groups (broad SMARTS) is 1. The molecule has 0 spiro atoms. The van der Waals surface area contributed by atoms with Crippen LogP contribution in [0, 0.1) is 0 Å². The molecule has 0 aromatic rings. The summed E-state index contributed by atoms with van der Waals surface area (Å²) < 4.78 is 47.9. The summed E-state index contributed by atoms with van der Waals surface area (Å²) in [6.07, 6.45) is 0.923. The molecule has 29 nitrogen and oxygen atoms in total. The number of aliphatic hydroxyl groups is 13. The lowest BCUT2D eigenvalue weighted by atomic mass is 9.88. The van der Waals surface area contributed by atoms with Crippen molar-refractivity contribution in [3.05, 3.63) is 12.2 Å². The van der Waals surface area contributed by atoms with Crippen molar-refractivity contribution in [2.75, 3.05) is 33.0 Å². The van der Waals surface area contributed by atoms with Gasteiger partial charge in [-0.25, -0.2) is 4.79 Å². The predicted octanol–water partition coefficient (Wildman–Crippen LogP) is 2.69. The summed E-state index contributed by atoms with van der Waals surface area (Å²) >= 11 is 0. The van der Waals surface area contributed by atoms with Crippen molar-refractivity contribution in [2.24, 2.45) is 0 Å². The first kappa shape index (κ1) is 89.2. The van der Waals surface area contributed by atoms with E-state index in [1.165, 1.54) is 135 Å². The maximum atomic E-state index is 13.6. The summed E-state index contributed by atoms with van der Waals surface area (Å²) in [5, 5.41) is 163. The van der Waals surface area contributed by atoms with Crippen molar-refractivity contribution >= 4 is 23.7 Å². The van der Waals surface area contributed by atoms with Gasteiger partial charge in [-0.05, 0) is 19.3 Å². The third kappa shape index (κ3) is 30.0. The normalized spacial score (nSPS) is 31.5. The number of carbonyl (C=O) groups excluding carboxylic acids is 3. The van der Waals surface area contributed by atoms with Gasteiger partial charge in [-0.1, -0.05) is 206 Å². The van der Waals surface area contributed by atoms with Crippen molar-refractivity contribution in [3.8, 4) is 0 Å². The highest BCUT2D eigenvalue weighted by Crippen LogP contribution is 2.40. The molecule has 29 heteroatoms. The zero-order valence-corrected chi connectivity index (χ0v) is 59.9. The van der Waals surface area contributed by atoms with Crippen LogP contribution in [0.15, 0.2) is 12.2 Å². The smallest absolute Gasteiger partial charge is 0.364 e. The van der Waals surface area contributed by atoms with Gasteiger partial charge in [0.2, 0.25) is 17.7 Å². The van der Waals surface area contributed by atoms with Crippen LogP contribution in [0.25, 0.3) is 0 Å². The minimum atomic E-state index is -3.28. The van der Waals surface area contributed by atoms with E-state index in [0.29, 0.717) is 12.8 Å². The lowest BCUT2D eigenvalue weighted by molar-refractivity contribution is -0.401. The molecule has 4 aliphatic heterocycles. The monoisotopic (exact) mass is 1440 g/mol. The Hall–Kier alpha value is -3.22. The van der Waals surface area contributed by atoms with Crippen molar-refractivity contribution in [2.45, 2.75) is 380 Å². The van der Waals surface area contributed by atoms with Crippen LogP contribution in [0.2, 0.25) is 0 Å². The number of aliphatic hydroxyl groups excluding tert-OH is 13. The van der Waals surface area contributed by atoms with Crippen molar-refractivity contribution in [1.82, 2.24) is 16.0 Å². The van der Waals surface area contributed by atoms with Gasteiger partial charge in [-0.15, -0.1) is 0 Å². The Labute approximate surface area is 591 Å². The molecule has 1 unspecified atom stereocenters. The number of unbranched alkanes of at least 4 members (excludes halogenated alkanes) is 29. The van der Waals surface area contributed by atoms with E-state index < -0.39 is 198 Å². The van der Waals surface area contributed by atoms with E-state index in [1.54, 1.807) is 6.08 Å². The van der Waals surface area contributed by atoms with Gasteiger partial charge in [0.15, 0.2) is 18.9 Å². The van der Waals surface area contributed by atoms with Crippen LogP contribution in [-0.2, 0) is 57.1 Å². The number of ether oxygens (including phenoxy) is 8. The summed E-state index contributed by atoms with van der Waals surface area (Å²) in [7, 11) is 0. The maximum absolute atomic E-state index is 13.6. The first-order valence-electron chi connectivity index (χ1n) is 37.6. The number of nitrogens with one attached hydrogen (secondary N) is 3. The molecule has 4 heterocycles. The molecule has 100 heavy (non-hydrogen) atoms. The molecule has 4 rings (SSSR count). The number of rotatable bonds is 53. The van der Waals surface area contributed by atoms with Crippen LogP contribution in [0.3, 0.4) is 0 Å². The lowest BCUT2D eigenvalue weighted by Crippen LogP contribution is -2.72. The molecule has 0 saturated carbocycles. The SMILES string of the molecule is CCCCCCCCCCCCC/C=C/[C@@H](O)[C@H](CO[C@@H]1O[C@H](CO)[C@@H](O[C@@H]2O[C@H](CO)[C@H](O[C@@H]3O[C@H](CO)[C@H](O)[C@H](O)[C@H]3NC(C)=O)[C@H](O[C@]3(C(=O)O)C[C@H](O)[C@@H](NC(C)=O)C([C@H](O)[C@H](O)CO)O3)[C@H]2O)[C@H](O)[C@H]1O)NC(=O)CCCCCCCCCCCCCCCCCCCCC. The minimum absolute atomic E-state index is 0.162. The van der Waals surface area contributed by atoms with Crippen molar-refractivity contribution < 1.29 is 129 Å². The molecular weight excluding hydrogens is 1310 g/mol. The van der Waals surface area contributed by atoms with E-state index in [4.69, 9.17) is 37.9 Å². The third-order valence-corrected chi connectivity index (χ3v) is 19.5. The number of carbonyl (C=O) groups is 4. The summed E-state index contributed by atoms with van der Waals surface area (Å²) in [5.41, 5.74) is 0. The van der Waals surface area contributed by atoms with E-state index >= 15 is 0 Å². The fourth-order valence-electron chi connectivity index (χ4n) is 13.5. The standard InChI is InChI=1S/C71H129N3O26/c1-5-7-9-11-13-15-17-19-20-21-22-23-24-26-28-30-32-34-36-38-54(84)74-47(48(81)37-35-33-31-29-27-25-18-16-14-12-10-8-6-2)44-93-68-61(89)60(88)63(52(42-77)95-68)97-69-62(90)66(64(53(43-78)96-69)98-67-56(73-46(4)80)59(87)58(86)51(41-76)94-67)100-71(70(91)92)39-49(82)55(72-45(3)79)65(99-71)57(85)50(83)40-75/h35,37,47-53,55-69,75-78,81-83,85-90H,5-34,36,38-44H2,1-4H3,(H,72,79)(H,73,80)(H,74,84)(H,91,92)/b37-35+/t47-,48+,49-,50+,51+,52+,53+,55+,56+,57+,58-,59+,60+,61+,62+,63+,64-,65?,66+,67-,68+,69-,71-/m0/s1. The van der Waals surface area contributed by atoms with E-state index in [-0.39, 0.29) is 12.3 Å². The second kappa shape index (κ2) is 49.5. The highest BCUT2D eigenvalue weighted by molar-refractivity contribution is 5.77. The van der Waals surface area contributed by atoms with Crippen LogP contribution in [0.1, 0.15) is 240 Å². The third-order valence-electron chi connectivity index (χ3n) is 19.5. The number of amides is 3. The Morgan fingerprint density at radius 1 is 0.520 bits per heavy atom. The number of hydrogen-bond acceptors (Lipinski definition) is 25.